The van der Waals surface area contributed by atoms with Gasteiger partial charge < -0.3 is 19.9 Å². The van der Waals surface area contributed by atoms with Crippen LogP contribution in [0.5, 0.6) is 0 Å². The molecule has 7 heteroatoms. The number of nitrogens with one attached hydrogen (secondary N) is 1. The Morgan fingerprint density at radius 1 is 1.18 bits per heavy atom. The second kappa shape index (κ2) is 10.1. The number of methoxy groups -OCH3 is 2. The minimum atomic E-state index is -0.892. The minimum absolute atomic E-state index is 0.104. The molecule has 1 amide bonds. The van der Waals surface area contributed by atoms with E-state index >= 15 is 0 Å². The summed E-state index contributed by atoms with van der Waals surface area (Å²) in [6, 6.07) is 11.9. The van der Waals surface area contributed by atoms with Gasteiger partial charge in [0.05, 0.1) is 13.5 Å². The van der Waals surface area contributed by atoms with Crippen molar-refractivity contribution < 1.29 is 23.8 Å². The van der Waals surface area contributed by atoms with Crippen LogP contribution in [-0.4, -0.2) is 37.4 Å². The van der Waals surface area contributed by atoms with Gasteiger partial charge in [-0.1, -0.05) is 22.0 Å². The number of hydrogen-bond donors (Lipinski definition) is 2. The van der Waals surface area contributed by atoms with Gasteiger partial charge in [-0.05, 0) is 95.0 Å². The third-order valence-corrected chi connectivity index (χ3v) is 6.53. The van der Waals surface area contributed by atoms with Crippen LogP contribution in [0.15, 0.2) is 82.1 Å². The van der Waals surface area contributed by atoms with Gasteiger partial charge in [-0.25, -0.2) is 4.39 Å². The first kappa shape index (κ1) is 24.1. The fourth-order valence-electron chi connectivity index (χ4n) is 4.25. The van der Waals surface area contributed by atoms with Crippen molar-refractivity contribution in [2.45, 2.75) is 25.6 Å². The van der Waals surface area contributed by atoms with Gasteiger partial charge in [-0.2, -0.15) is 0 Å². The van der Waals surface area contributed by atoms with Crippen molar-refractivity contribution in [2.24, 2.45) is 0 Å². The molecule has 34 heavy (non-hydrogen) atoms. The van der Waals surface area contributed by atoms with Gasteiger partial charge in [0.15, 0.2) is 0 Å². The second-order valence-corrected chi connectivity index (χ2v) is 9.06. The number of carbonyl (C=O) groups is 1. The summed E-state index contributed by atoms with van der Waals surface area (Å²) in [5.74, 6) is -0.150. The molecule has 2 aliphatic rings. The molecule has 0 fully saturated rings. The monoisotopic (exact) mass is 525 g/mol. The largest absolute Gasteiger partial charge is 0.498 e. The highest BCUT2D eigenvalue weighted by Gasteiger charge is 2.29. The summed E-state index contributed by atoms with van der Waals surface area (Å²) in [5, 5.41) is 13.2. The van der Waals surface area contributed by atoms with E-state index in [1.165, 1.54) is 26.4 Å². The number of fused-ring (bicyclic) bond motifs is 1. The lowest BCUT2D eigenvalue weighted by Crippen LogP contribution is -2.31. The molecule has 2 unspecified atom stereocenters. The topological polar surface area (TPSA) is 67.8 Å². The van der Waals surface area contributed by atoms with Crippen LogP contribution < -0.4 is 5.32 Å². The molecule has 2 N–H and O–H groups in total. The van der Waals surface area contributed by atoms with Crippen LogP contribution in [0.2, 0.25) is 0 Å². The van der Waals surface area contributed by atoms with Crippen LogP contribution in [0.3, 0.4) is 0 Å². The van der Waals surface area contributed by atoms with Crippen LogP contribution in [0, 0.1) is 5.82 Å². The van der Waals surface area contributed by atoms with Gasteiger partial charge in [-0.3, -0.25) is 4.79 Å². The molecule has 2 atom stereocenters. The minimum Gasteiger partial charge on any atom is -0.498 e. The lowest BCUT2D eigenvalue weighted by atomic mass is 9.95. The molecular formula is C27H25BrFNO4. The summed E-state index contributed by atoms with van der Waals surface area (Å²) in [4.78, 5) is 12.8. The average Bonchev–Trinajstić information content (AvgIpc) is 3.06. The van der Waals surface area contributed by atoms with E-state index in [4.69, 9.17) is 9.47 Å². The number of rotatable bonds is 6. The third kappa shape index (κ3) is 4.92. The molecular weight excluding hydrogens is 501 g/mol. The molecule has 0 radical (unpaired) electrons. The zero-order valence-electron chi connectivity index (χ0n) is 19.1. The number of aliphatic hydroxyl groups is 1. The van der Waals surface area contributed by atoms with Crippen molar-refractivity contribution in [1.82, 2.24) is 0 Å². The Kier molecular flexibility index (Phi) is 7.16. The fraction of sp³-hybridized carbons (Fsp3) is 0.222. The summed E-state index contributed by atoms with van der Waals surface area (Å²) in [5.41, 5.74) is 5.56. The summed E-state index contributed by atoms with van der Waals surface area (Å²) in [6.45, 7) is 1.93. The number of anilines is 1. The zero-order valence-corrected chi connectivity index (χ0v) is 20.6. The quantitative estimate of drug-likeness (QED) is 0.512. The van der Waals surface area contributed by atoms with Crippen LogP contribution >= 0.6 is 15.9 Å². The smallest absolute Gasteiger partial charge is 0.228 e. The maximum absolute atomic E-state index is 14.2. The number of halogens is 2. The average molecular weight is 526 g/mol. The molecule has 0 saturated carbocycles. The highest BCUT2D eigenvalue weighted by molar-refractivity contribution is 9.10. The van der Waals surface area contributed by atoms with Gasteiger partial charge >= 0.3 is 0 Å². The molecule has 0 saturated heterocycles. The Balaban J connectivity index is 1.69. The van der Waals surface area contributed by atoms with Crippen molar-refractivity contribution in [3.8, 4) is 0 Å². The summed E-state index contributed by atoms with van der Waals surface area (Å²) >= 11 is 3.38. The molecule has 5 nitrogen and oxygen atoms in total. The summed E-state index contributed by atoms with van der Waals surface area (Å²) < 4.78 is 25.8. The lowest BCUT2D eigenvalue weighted by Gasteiger charge is -2.25. The predicted molar refractivity (Wildman–Crippen MR) is 134 cm³/mol. The van der Waals surface area contributed by atoms with Crippen molar-refractivity contribution in [2.75, 3.05) is 19.5 Å². The first-order valence-corrected chi connectivity index (χ1v) is 11.6. The van der Waals surface area contributed by atoms with Crippen LogP contribution in [-0.2, 0) is 14.3 Å². The molecule has 0 aliphatic heterocycles. The molecule has 0 heterocycles. The number of allylic oxidation sites excluding steroid dienone is 5. The Hall–Kier alpha value is -3.00. The zero-order chi connectivity index (χ0) is 24.4. The maximum atomic E-state index is 14.2. The van der Waals surface area contributed by atoms with Crippen LogP contribution in [0.25, 0.3) is 11.1 Å². The number of aliphatic hydroxyl groups excluding tert-OH is 1. The van der Waals surface area contributed by atoms with Gasteiger partial charge in [-0.15, -0.1) is 0 Å². The molecule has 2 aromatic rings. The molecule has 2 aromatic carbocycles. The SMILES string of the molecule is COC1=CC(/C=C2/C(C)=C(CC(=O)Nc3ccc(Br)cc3)c3cc(F)ccc32)=CC(OC)C1O. The van der Waals surface area contributed by atoms with E-state index in [9.17, 15) is 14.3 Å². The first-order chi connectivity index (χ1) is 16.3. The number of ether oxygens (including phenoxy) is 2. The van der Waals surface area contributed by atoms with E-state index in [-0.39, 0.29) is 18.1 Å². The van der Waals surface area contributed by atoms with Crippen molar-refractivity contribution in [3.05, 3.63) is 99.0 Å². The van der Waals surface area contributed by atoms with E-state index in [0.717, 1.165) is 32.3 Å². The van der Waals surface area contributed by atoms with E-state index in [0.29, 0.717) is 17.0 Å². The van der Waals surface area contributed by atoms with Crippen LogP contribution in [0.4, 0.5) is 10.1 Å². The molecule has 0 aromatic heterocycles. The van der Waals surface area contributed by atoms with Crippen molar-refractivity contribution >= 4 is 38.7 Å². The van der Waals surface area contributed by atoms with Crippen molar-refractivity contribution in [3.63, 3.8) is 0 Å². The standard InChI is InChI=1S/C27H25BrFNO4/c1-15-21(10-16-11-24(33-2)27(32)25(12-16)34-3)20-9-6-18(29)13-23(20)22(15)14-26(31)30-19-7-4-17(28)5-8-19/h4-13,24,27,32H,14H2,1-3H3,(H,30,31)/b21-10-. The highest BCUT2D eigenvalue weighted by atomic mass is 79.9. The Morgan fingerprint density at radius 3 is 2.59 bits per heavy atom. The number of hydrogen-bond acceptors (Lipinski definition) is 4. The molecule has 2 aliphatic carbocycles. The molecule has 4 rings (SSSR count). The highest BCUT2D eigenvalue weighted by Crippen LogP contribution is 2.44. The fourth-order valence-corrected chi connectivity index (χ4v) is 4.52. The van der Waals surface area contributed by atoms with E-state index in [1.54, 1.807) is 12.1 Å². The number of amides is 1. The molecule has 0 spiro atoms. The van der Waals surface area contributed by atoms with Gasteiger partial charge in [0.25, 0.3) is 0 Å². The number of benzene rings is 2. The van der Waals surface area contributed by atoms with Gasteiger partial charge in [0, 0.05) is 17.3 Å². The number of carbonyl (C=O) groups excluding carboxylic acids is 1. The third-order valence-electron chi connectivity index (χ3n) is 6.01. The first-order valence-electron chi connectivity index (χ1n) is 10.8. The summed E-state index contributed by atoms with van der Waals surface area (Å²) in [6.07, 6.45) is 4.17. The van der Waals surface area contributed by atoms with Gasteiger partial charge in [0.1, 0.15) is 23.8 Å². The lowest BCUT2D eigenvalue weighted by molar-refractivity contribution is -0.115. The van der Waals surface area contributed by atoms with E-state index in [1.807, 2.05) is 43.3 Å². The van der Waals surface area contributed by atoms with Gasteiger partial charge in [0.2, 0.25) is 5.91 Å². The molecule has 176 valence electrons. The van der Waals surface area contributed by atoms with Crippen molar-refractivity contribution in [1.29, 1.82) is 0 Å². The predicted octanol–water partition coefficient (Wildman–Crippen LogP) is 5.63. The van der Waals surface area contributed by atoms with E-state index in [2.05, 4.69) is 21.2 Å². The second-order valence-electron chi connectivity index (χ2n) is 8.15. The van der Waals surface area contributed by atoms with E-state index < -0.39 is 12.2 Å². The van der Waals surface area contributed by atoms with Crippen LogP contribution in [0.1, 0.15) is 24.5 Å². The maximum Gasteiger partial charge on any atom is 0.228 e. The summed E-state index contributed by atoms with van der Waals surface area (Å²) in [7, 11) is 3.02. The Bertz CT molecular complexity index is 1240. The Labute approximate surface area is 206 Å². The normalized spacial score (nSPS) is 20.7. The Morgan fingerprint density at radius 2 is 1.91 bits per heavy atom. The molecule has 0 bridgehead atoms.